The molecule has 0 radical (unpaired) electrons. The number of hydrogen-bond donors (Lipinski definition) is 2. The highest BCUT2D eigenvalue weighted by Crippen LogP contribution is 2.34. The summed E-state index contributed by atoms with van der Waals surface area (Å²) in [6.07, 6.45) is 0.797. The SMILES string of the molecule is CCc1ccccc1NC(=O)N(CC(=O)Nc1c(-c2ccccc2)c(C)nn1-c1ccccc1C)CC(C)C. The first kappa shape index (κ1) is 27.6. The van der Waals surface area contributed by atoms with E-state index in [9.17, 15) is 9.59 Å². The minimum absolute atomic E-state index is 0.0927. The Kier molecular flexibility index (Phi) is 8.81. The van der Waals surface area contributed by atoms with Gasteiger partial charge in [0.25, 0.3) is 0 Å². The van der Waals surface area contributed by atoms with Crippen LogP contribution in [-0.4, -0.2) is 39.7 Å². The van der Waals surface area contributed by atoms with Crippen LogP contribution in [0.25, 0.3) is 16.8 Å². The predicted molar refractivity (Wildman–Crippen MR) is 158 cm³/mol. The van der Waals surface area contributed by atoms with Gasteiger partial charge in [0.05, 0.1) is 11.4 Å². The van der Waals surface area contributed by atoms with Gasteiger partial charge in [0.15, 0.2) is 0 Å². The molecule has 0 aliphatic heterocycles. The standard InChI is InChI=1S/C32H37N5O2/c1-6-25-15-11-12-18-27(25)33-32(39)36(20-22(2)3)21-29(38)34-31-30(26-16-8-7-9-17-26)24(5)35-37(31)28-19-13-10-14-23(28)4/h7-19,22H,6,20-21H2,1-5H3,(H,33,39)(H,34,38). The summed E-state index contributed by atoms with van der Waals surface area (Å²) < 4.78 is 1.79. The smallest absolute Gasteiger partial charge is 0.315 e. The van der Waals surface area contributed by atoms with E-state index in [0.29, 0.717) is 12.4 Å². The molecular weight excluding hydrogens is 486 g/mol. The second-order valence-corrected chi connectivity index (χ2v) is 10.1. The number of anilines is 2. The quantitative estimate of drug-likeness (QED) is 0.252. The molecule has 7 heteroatoms. The summed E-state index contributed by atoms with van der Waals surface area (Å²) in [6.45, 7) is 10.4. The molecule has 3 amide bonds. The molecule has 0 aliphatic rings. The highest BCUT2D eigenvalue weighted by Gasteiger charge is 2.24. The van der Waals surface area contributed by atoms with E-state index in [2.05, 4.69) is 10.6 Å². The van der Waals surface area contributed by atoms with Gasteiger partial charge in [0.2, 0.25) is 5.91 Å². The maximum atomic E-state index is 13.6. The highest BCUT2D eigenvalue weighted by atomic mass is 16.2. The minimum Gasteiger partial charge on any atom is -0.315 e. The Hall–Kier alpha value is -4.39. The number of nitrogens with one attached hydrogen (secondary N) is 2. The molecule has 0 unspecified atom stereocenters. The molecule has 202 valence electrons. The molecule has 2 N–H and O–H groups in total. The van der Waals surface area contributed by atoms with Crippen molar-refractivity contribution >= 4 is 23.4 Å². The molecule has 0 aliphatic carbocycles. The van der Waals surface area contributed by atoms with Crippen molar-refractivity contribution in [3.8, 4) is 16.8 Å². The van der Waals surface area contributed by atoms with Crippen LogP contribution >= 0.6 is 0 Å². The van der Waals surface area contributed by atoms with Crippen molar-refractivity contribution in [1.82, 2.24) is 14.7 Å². The maximum Gasteiger partial charge on any atom is 0.322 e. The topological polar surface area (TPSA) is 79.3 Å². The number of rotatable bonds is 9. The van der Waals surface area contributed by atoms with Crippen LogP contribution in [0.4, 0.5) is 16.3 Å². The number of carbonyl (C=O) groups is 2. The van der Waals surface area contributed by atoms with Gasteiger partial charge in [0.1, 0.15) is 12.4 Å². The average Bonchev–Trinajstić information content (AvgIpc) is 3.24. The molecule has 3 aromatic carbocycles. The Balaban J connectivity index is 1.65. The summed E-state index contributed by atoms with van der Waals surface area (Å²) in [5, 5.41) is 10.9. The molecule has 1 aromatic heterocycles. The number of benzene rings is 3. The molecule has 0 atom stereocenters. The number of para-hydroxylation sites is 2. The van der Waals surface area contributed by atoms with Crippen LogP contribution < -0.4 is 10.6 Å². The van der Waals surface area contributed by atoms with Crippen LogP contribution in [-0.2, 0) is 11.2 Å². The summed E-state index contributed by atoms with van der Waals surface area (Å²) in [7, 11) is 0. The largest absolute Gasteiger partial charge is 0.322 e. The van der Waals surface area contributed by atoms with Crippen molar-refractivity contribution in [2.75, 3.05) is 23.7 Å². The Labute approximate surface area is 230 Å². The average molecular weight is 524 g/mol. The summed E-state index contributed by atoms with van der Waals surface area (Å²) in [5.74, 6) is 0.477. The van der Waals surface area contributed by atoms with E-state index < -0.39 is 0 Å². The van der Waals surface area contributed by atoms with E-state index in [1.165, 1.54) is 0 Å². The highest BCUT2D eigenvalue weighted by molar-refractivity contribution is 5.99. The zero-order valence-corrected chi connectivity index (χ0v) is 23.4. The first-order valence-electron chi connectivity index (χ1n) is 13.4. The van der Waals surface area contributed by atoms with Crippen LogP contribution in [0.2, 0.25) is 0 Å². The van der Waals surface area contributed by atoms with Gasteiger partial charge in [-0.2, -0.15) is 5.10 Å². The number of aryl methyl sites for hydroxylation is 3. The van der Waals surface area contributed by atoms with E-state index in [1.54, 1.807) is 9.58 Å². The molecule has 7 nitrogen and oxygen atoms in total. The van der Waals surface area contributed by atoms with Gasteiger partial charge in [0, 0.05) is 17.8 Å². The Morgan fingerprint density at radius 1 is 0.897 bits per heavy atom. The zero-order chi connectivity index (χ0) is 27.9. The monoisotopic (exact) mass is 523 g/mol. The number of amides is 3. The molecule has 0 spiro atoms. The van der Waals surface area contributed by atoms with Crippen molar-refractivity contribution in [1.29, 1.82) is 0 Å². The molecule has 4 aromatic rings. The predicted octanol–water partition coefficient (Wildman–Crippen LogP) is 6.85. The third-order valence-corrected chi connectivity index (χ3v) is 6.57. The summed E-state index contributed by atoms with van der Waals surface area (Å²) in [6, 6.07) is 25.3. The number of aromatic nitrogens is 2. The third-order valence-electron chi connectivity index (χ3n) is 6.57. The fourth-order valence-electron chi connectivity index (χ4n) is 4.72. The van der Waals surface area contributed by atoms with Crippen molar-refractivity contribution < 1.29 is 9.59 Å². The van der Waals surface area contributed by atoms with Crippen LogP contribution in [0.3, 0.4) is 0 Å². The molecule has 0 saturated carbocycles. The summed E-state index contributed by atoms with van der Waals surface area (Å²) in [5.41, 5.74) is 6.33. The van der Waals surface area contributed by atoms with Crippen LogP contribution in [0.5, 0.6) is 0 Å². The van der Waals surface area contributed by atoms with E-state index >= 15 is 0 Å². The van der Waals surface area contributed by atoms with Gasteiger partial charge >= 0.3 is 6.03 Å². The van der Waals surface area contributed by atoms with Crippen molar-refractivity contribution in [2.45, 2.75) is 41.0 Å². The second-order valence-electron chi connectivity index (χ2n) is 10.1. The number of hydrogen-bond acceptors (Lipinski definition) is 3. The number of nitrogens with zero attached hydrogens (tertiary/aromatic N) is 3. The molecule has 0 fully saturated rings. The Bertz CT molecular complexity index is 1440. The molecule has 39 heavy (non-hydrogen) atoms. The normalized spacial score (nSPS) is 10.9. The second kappa shape index (κ2) is 12.4. The van der Waals surface area contributed by atoms with Gasteiger partial charge in [-0.3, -0.25) is 4.79 Å². The maximum absolute atomic E-state index is 13.6. The Morgan fingerprint density at radius 3 is 2.26 bits per heavy atom. The molecular formula is C32H37N5O2. The fourth-order valence-corrected chi connectivity index (χ4v) is 4.72. The van der Waals surface area contributed by atoms with E-state index in [1.807, 2.05) is 113 Å². The van der Waals surface area contributed by atoms with Crippen molar-refractivity contribution in [2.24, 2.45) is 5.92 Å². The minimum atomic E-state index is -0.299. The number of carbonyl (C=O) groups excluding carboxylic acids is 2. The lowest BCUT2D eigenvalue weighted by molar-refractivity contribution is -0.116. The van der Waals surface area contributed by atoms with Crippen molar-refractivity contribution in [3.63, 3.8) is 0 Å². The lowest BCUT2D eigenvalue weighted by atomic mass is 10.1. The van der Waals surface area contributed by atoms with Gasteiger partial charge in [-0.15, -0.1) is 0 Å². The molecule has 1 heterocycles. The summed E-state index contributed by atoms with van der Waals surface area (Å²) in [4.78, 5) is 28.5. The van der Waals surface area contributed by atoms with E-state index in [0.717, 1.165) is 45.7 Å². The molecule has 0 bridgehead atoms. The Morgan fingerprint density at radius 2 is 1.56 bits per heavy atom. The van der Waals surface area contributed by atoms with Crippen molar-refractivity contribution in [3.05, 3.63) is 95.7 Å². The van der Waals surface area contributed by atoms with Gasteiger partial charge in [-0.1, -0.05) is 87.5 Å². The van der Waals surface area contributed by atoms with E-state index in [-0.39, 0.29) is 24.4 Å². The number of urea groups is 1. The molecule has 0 saturated heterocycles. The molecule has 4 rings (SSSR count). The third kappa shape index (κ3) is 6.55. The van der Waals surface area contributed by atoms with Crippen LogP contribution in [0, 0.1) is 19.8 Å². The first-order valence-corrected chi connectivity index (χ1v) is 13.4. The van der Waals surface area contributed by atoms with Gasteiger partial charge in [-0.05, 0) is 55.0 Å². The lowest BCUT2D eigenvalue weighted by Gasteiger charge is -2.25. The van der Waals surface area contributed by atoms with Crippen LogP contribution in [0.1, 0.15) is 37.6 Å². The van der Waals surface area contributed by atoms with Crippen LogP contribution in [0.15, 0.2) is 78.9 Å². The summed E-state index contributed by atoms with van der Waals surface area (Å²) >= 11 is 0. The van der Waals surface area contributed by atoms with E-state index in [4.69, 9.17) is 5.10 Å². The van der Waals surface area contributed by atoms with Gasteiger partial charge < -0.3 is 15.5 Å². The fraction of sp³-hybridized carbons (Fsp3) is 0.281. The first-order chi connectivity index (χ1) is 18.8. The van der Waals surface area contributed by atoms with Gasteiger partial charge in [-0.25, -0.2) is 9.48 Å². The lowest BCUT2D eigenvalue weighted by Crippen LogP contribution is -2.42. The zero-order valence-electron chi connectivity index (χ0n) is 23.4.